The third kappa shape index (κ3) is 0.831. The summed E-state index contributed by atoms with van der Waals surface area (Å²) in [5.74, 6) is 3.09. The molecule has 3 aliphatic rings. The van der Waals surface area contributed by atoms with Crippen LogP contribution in [0.4, 0.5) is 0 Å². The van der Waals surface area contributed by atoms with Crippen LogP contribution >= 0.6 is 0 Å². The molecule has 0 heterocycles. The second-order valence-electron chi connectivity index (χ2n) is 5.12. The van der Waals surface area contributed by atoms with E-state index in [9.17, 15) is 0 Å². The first-order chi connectivity index (χ1) is 5.03. The van der Waals surface area contributed by atoms with Gasteiger partial charge >= 0.3 is 0 Å². The third-order valence-corrected chi connectivity index (χ3v) is 4.41. The highest BCUT2D eigenvalue weighted by atomic mass is 14.6. The summed E-state index contributed by atoms with van der Waals surface area (Å²) in [6.07, 6.45) is 2.71. The Kier molecular flexibility index (Phi) is 1.44. The van der Waals surface area contributed by atoms with Gasteiger partial charge in [-0.25, -0.2) is 0 Å². The second-order valence-corrected chi connectivity index (χ2v) is 5.12. The Labute approximate surface area is 71.2 Å². The first-order valence-corrected chi connectivity index (χ1v) is 4.79. The van der Waals surface area contributed by atoms with Crippen molar-refractivity contribution >= 4 is 7.85 Å². The van der Waals surface area contributed by atoms with Crippen molar-refractivity contribution in [1.82, 2.24) is 0 Å². The summed E-state index contributed by atoms with van der Waals surface area (Å²) in [5, 5.41) is 0. The predicted molar refractivity (Wildman–Crippen MR) is 48.7 cm³/mol. The maximum absolute atomic E-state index is 6.02. The van der Waals surface area contributed by atoms with Gasteiger partial charge in [-0.3, -0.25) is 0 Å². The largest absolute Gasteiger partial charge is 0.0743 e. The molecule has 60 valence electrons. The Bertz CT molecular complexity index is 174. The Morgan fingerprint density at radius 1 is 1.27 bits per heavy atom. The molecule has 11 heavy (non-hydrogen) atoms. The van der Waals surface area contributed by atoms with Gasteiger partial charge in [0.05, 0.1) is 7.85 Å². The molecule has 0 unspecified atom stereocenters. The summed E-state index contributed by atoms with van der Waals surface area (Å²) < 4.78 is 0. The molecule has 3 fully saturated rings. The van der Waals surface area contributed by atoms with E-state index in [0.29, 0.717) is 11.2 Å². The van der Waals surface area contributed by atoms with E-state index in [1.165, 1.54) is 12.8 Å². The zero-order chi connectivity index (χ0) is 8.22. The maximum Gasteiger partial charge on any atom is 0.0703 e. The van der Waals surface area contributed by atoms with Crippen molar-refractivity contribution < 1.29 is 0 Å². The van der Waals surface area contributed by atoms with Crippen molar-refractivity contribution in [2.24, 2.45) is 23.2 Å². The lowest BCUT2D eigenvalue weighted by Crippen LogP contribution is -2.53. The highest BCUT2D eigenvalue weighted by Crippen LogP contribution is 2.63. The Morgan fingerprint density at radius 3 is 2.27 bits per heavy atom. The van der Waals surface area contributed by atoms with E-state index in [2.05, 4.69) is 20.8 Å². The summed E-state index contributed by atoms with van der Waals surface area (Å²) in [4.78, 5) is 0. The molecule has 0 nitrogen and oxygen atoms in total. The van der Waals surface area contributed by atoms with Gasteiger partial charge in [-0.2, -0.15) is 0 Å². The van der Waals surface area contributed by atoms with Crippen LogP contribution in [-0.2, 0) is 0 Å². The normalized spacial score (nSPS) is 53.4. The molecule has 3 saturated carbocycles. The van der Waals surface area contributed by atoms with Gasteiger partial charge in [0.1, 0.15) is 0 Å². The summed E-state index contributed by atoms with van der Waals surface area (Å²) in [5.41, 5.74) is 0.606. The fourth-order valence-electron chi connectivity index (χ4n) is 3.19. The average Bonchev–Trinajstić information content (AvgIpc) is 1.93. The highest BCUT2D eigenvalue weighted by Gasteiger charge is 2.54. The molecule has 0 N–H and O–H groups in total. The Balaban J connectivity index is 2.17. The minimum absolute atomic E-state index is 0.492. The zero-order valence-corrected chi connectivity index (χ0v) is 7.80. The van der Waals surface area contributed by atoms with Crippen molar-refractivity contribution in [2.45, 2.75) is 39.4 Å². The lowest BCUT2D eigenvalue weighted by molar-refractivity contribution is -0.0979. The van der Waals surface area contributed by atoms with Crippen molar-refractivity contribution in [3.8, 4) is 0 Å². The summed E-state index contributed by atoms with van der Waals surface area (Å²) in [7, 11) is 6.02. The van der Waals surface area contributed by atoms with E-state index in [1.54, 1.807) is 0 Å². The van der Waals surface area contributed by atoms with E-state index in [1.807, 2.05) is 0 Å². The minimum atomic E-state index is 0.492. The molecule has 0 aromatic heterocycles. The standard InChI is InChI=1S/C10H17B/c1-6-8-4-7(5-9(6)11)10(8,2)3/h6-9H,4-5H2,1-3H3/t6-,7-,8-,9+/m1/s1. The summed E-state index contributed by atoms with van der Waals surface area (Å²) in [6.45, 7) is 7.15. The van der Waals surface area contributed by atoms with Gasteiger partial charge in [0.15, 0.2) is 0 Å². The number of hydrogen-bond acceptors (Lipinski definition) is 0. The molecule has 0 spiro atoms. The van der Waals surface area contributed by atoms with Gasteiger partial charge in [0, 0.05) is 0 Å². The molecule has 3 rings (SSSR count). The maximum atomic E-state index is 6.02. The topological polar surface area (TPSA) is 0 Å². The molecular weight excluding hydrogens is 131 g/mol. The fourth-order valence-corrected chi connectivity index (χ4v) is 3.19. The average molecular weight is 148 g/mol. The molecule has 3 aliphatic carbocycles. The zero-order valence-electron chi connectivity index (χ0n) is 7.80. The van der Waals surface area contributed by atoms with Crippen molar-refractivity contribution in [2.75, 3.05) is 0 Å². The van der Waals surface area contributed by atoms with Crippen LogP contribution in [0.25, 0.3) is 0 Å². The predicted octanol–water partition coefficient (Wildman–Crippen LogP) is 2.65. The smallest absolute Gasteiger partial charge is 0.0703 e. The molecule has 0 aromatic rings. The lowest BCUT2D eigenvalue weighted by atomic mass is 9.41. The quantitative estimate of drug-likeness (QED) is 0.463. The second kappa shape index (κ2) is 2.05. The van der Waals surface area contributed by atoms with Gasteiger partial charge in [-0.05, 0) is 29.6 Å². The van der Waals surface area contributed by atoms with Crippen LogP contribution in [0.5, 0.6) is 0 Å². The molecule has 2 radical (unpaired) electrons. The Hall–Kier alpha value is 0.0649. The molecule has 0 aromatic carbocycles. The highest BCUT2D eigenvalue weighted by molar-refractivity contribution is 6.12. The van der Waals surface area contributed by atoms with E-state index in [0.717, 1.165) is 17.8 Å². The number of fused-ring (bicyclic) bond motifs is 2. The van der Waals surface area contributed by atoms with Crippen LogP contribution < -0.4 is 0 Å². The van der Waals surface area contributed by atoms with Gasteiger partial charge in [0.2, 0.25) is 0 Å². The van der Waals surface area contributed by atoms with Crippen LogP contribution in [0.15, 0.2) is 0 Å². The van der Waals surface area contributed by atoms with Crippen LogP contribution in [-0.4, -0.2) is 7.85 Å². The van der Waals surface area contributed by atoms with Crippen LogP contribution in [0.3, 0.4) is 0 Å². The minimum Gasteiger partial charge on any atom is -0.0743 e. The molecule has 4 atom stereocenters. The third-order valence-electron chi connectivity index (χ3n) is 4.41. The van der Waals surface area contributed by atoms with Gasteiger partial charge in [-0.15, -0.1) is 0 Å². The molecular formula is C10H17B. The molecule has 2 bridgehead atoms. The van der Waals surface area contributed by atoms with E-state index in [-0.39, 0.29) is 0 Å². The fraction of sp³-hybridized carbons (Fsp3) is 1.00. The first-order valence-electron chi connectivity index (χ1n) is 4.79. The van der Waals surface area contributed by atoms with Crippen LogP contribution in [0.1, 0.15) is 33.6 Å². The van der Waals surface area contributed by atoms with E-state index >= 15 is 0 Å². The van der Waals surface area contributed by atoms with Gasteiger partial charge in [0.25, 0.3) is 0 Å². The van der Waals surface area contributed by atoms with Crippen molar-refractivity contribution in [3.05, 3.63) is 0 Å². The van der Waals surface area contributed by atoms with Gasteiger partial charge in [-0.1, -0.05) is 33.0 Å². The van der Waals surface area contributed by atoms with Crippen molar-refractivity contribution in [1.29, 1.82) is 0 Å². The Morgan fingerprint density at radius 2 is 1.91 bits per heavy atom. The summed E-state index contributed by atoms with van der Waals surface area (Å²) >= 11 is 0. The van der Waals surface area contributed by atoms with Crippen LogP contribution in [0.2, 0.25) is 5.82 Å². The molecule has 1 heteroatoms. The number of rotatable bonds is 0. The van der Waals surface area contributed by atoms with Gasteiger partial charge < -0.3 is 0 Å². The summed E-state index contributed by atoms with van der Waals surface area (Å²) in [6, 6.07) is 0. The van der Waals surface area contributed by atoms with E-state index in [4.69, 9.17) is 7.85 Å². The van der Waals surface area contributed by atoms with Crippen LogP contribution in [0, 0.1) is 23.2 Å². The monoisotopic (exact) mass is 148 g/mol. The van der Waals surface area contributed by atoms with Crippen molar-refractivity contribution in [3.63, 3.8) is 0 Å². The number of hydrogen-bond donors (Lipinski definition) is 0. The lowest BCUT2D eigenvalue weighted by Gasteiger charge is -2.62. The SMILES string of the molecule is [B][C@H]1C[C@H]2C[C@H]([C@H]1C)C2(C)C. The molecule has 0 saturated heterocycles. The molecule has 0 aliphatic heterocycles. The van der Waals surface area contributed by atoms with E-state index < -0.39 is 0 Å². The molecule has 0 amide bonds. The first kappa shape index (κ1) is 7.70.